The van der Waals surface area contributed by atoms with E-state index in [-0.39, 0.29) is 0 Å². The number of rotatable bonds is 1. The molecule has 3 aromatic rings. The molecular weight excluding hydrogens is 260 g/mol. The van der Waals surface area contributed by atoms with Crippen LogP contribution in [-0.2, 0) is 0 Å². The fourth-order valence-electron chi connectivity index (χ4n) is 2.07. The second kappa shape index (κ2) is 4.42. The van der Waals surface area contributed by atoms with Gasteiger partial charge >= 0.3 is 0 Å². The molecule has 0 saturated heterocycles. The molecule has 0 N–H and O–H groups in total. The molecule has 2 aromatic carbocycles. The lowest BCUT2D eigenvalue weighted by Gasteiger charge is -2.07. The minimum atomic E-state index is 0.568. The summed E-state index contributed by atoms with van der Waals surface area (Å²) < 4.78 is 5.20. The molecule has 0 bridgehead atoms. The molecule has 0 aliphatic heterocycles. The average molecular weight is 269 g/mol. The molecule has 0 saturated carbocycles. The van der Waals surface area contributed by atoms with E-state index >= 15 is 0 Å². The number of fused-ring (bicyclic) bond motifs is 2. The second-order valence-electron chi connectivity index (χ2n) is 4.15. The fraction of sp³-hybridized carbons (Fsp3) is 0.0667. The van der Waals surface area contributed by atoms with Crippen molar-refractivity contribution in [3.8, 4) is 11.8 Å². The number of methoxy groups -OCH3 is 1. The van der Waals surface area contributed by atoms with Crippen molar-refractivity contribution < 1.29 is 4.74 Å². The highest BCUT2D eigenvalue weighted by Gasteiger charge is 2.09. The fourth-order valence-corrected chi connectivity index (χ4v) is 2.37. The third-order valence-corrected chi connectivity index (χ3v) is 3.45. The lowest BCUT2D eigenvalue weighted by atomic mass is 10.1. The van der Waals surface area contributed by atoms with Crippen molar-refractivity contribution in [1.29, 1.82) is 5.26 Å². The number of hydrogen-bond acceptors (Lipinski definition) is 3. The lowest BCUT2D eigenvalue weighted by molar-refractivity contribution is 0.415. The number of pyridine rings is 1. The van der Waals surface area contributed by atoms with Gasteiger partial charge in [0.2, 0.25) is 0 Å². The number of benzene rings is 2. The van der Waals surface area contributed by atoms with Gasteiger partial charge in [0.05, 0.1) is 34.8 Å². The first kappa shape index (κ1) is 11.8. The number of aromatic nitrogens is 1. The summed E-state index contributed by atoms with van der Waals surface area (Å²) in [5.41, 5.74) is 2.16. The summed E-state index contributed by atoms with van der Waals surface area (Å²) in [4.78, 5) is 4.54. The molecule has 0 fully saturated rings. The third kappa shape index (κ3) is 1.87. The average Bonchev–Trinajstić information content (AvgIpc) is 2.47. The highest BCUT2D eigenvalue weighted by atomic mass is 35.5. The van der Waals surface area contributed by atoms with Crippen LogP contribution in [0.15, 0.2) is 36.4 Å². The van der Waals surface area contributed by atoms with Crippen LogP contribution in [0.4, 0.5) is 0 Å². The van der Waals surface area contributed by atoms with Crippen LogP contribution in [0.2, 0.25) is 5.02 Å². The molecule has 19 heavy (non-hydrogen) atoms. The minimum Gasteiger partial charge on any atom is -0.497 e. The molecule has 3 nitrogen and oxygen atoms in total. The van der Waals surface area contributed by atoms with E-state index in [0.29, 0.717) is 10.6 Å². The molecule has 0 radical (unpaired) electrons. The lowest BCUT2D eigenvalue weighted by Crippen LogP contribution is -1.88. The summed E-state index contributed by atoms with van der Waals surface area (Å²) in [6, 6.07) is 13.0. The minimum absolute atomic E-state index is 0.568. The Hall–Kier alpha value is -2.31. The predicted octanol–water partition coefficient (Wildman–Crippen LogP) is 3.92. The summed E-state index contributed by atoms with van der Waals surface area (Å²) >= 11 is 6.43. The Morgan fingerprint density at radius 1 is 1.11 bits per heavy atom. The maximum absolute atomic E-state index is 8.95. The molecule has 0 amide bonds. The molecule has 0 aliphatic rings. The molecule has 3 rings (SSSR count). The zero-order valence-corrected chi connectivity index (χ0v) is 10.9. The van der Waals surface area contributed by atoms with Gasteiger partial charge < -0.3 is 4.74 Å². The number of hydrogen-bond donors (Lipinski definition) is 0. The van der Waals surface area contributed by atoms with Gasteiger partial charge in [0, 0.05) is 10.8 Å². The standard InChI is InChI=1S/C15H9ClN2O/c1-19-10-3-5-14-12(7-10)15(16)11-6-9(8-17)2-4-13(11)18-14/h2-7H,1H3. The first-order valence-corrected chi connectivity index (χ1v) is 6.08. The molecule has 4 heteroatoms. The van der Waals surface area contributed by atoms with Crippen LogP contribution < -0.4 is 4.74 Å². The quantitative estimate of drug-likeness (QED) is 0.628. The SMILES string of the molecule is COc1ccc2nc3ccc(C#N)cc3c(Cl)c2c1. The van der Waals surface area contributed by atoms with Gasteiger partial charge in [-0.15, -0.1) is 0 Å². The van der Waals surface area contributed by atoms with Gasteiger partial charge in [0.25, 0.3) is 0 Å². The van der Waals surface area contributed by atoms with Gasteiger partial charge in [-0.1, -0.05) is 11.6 Å². The van der Waals surface area contributed by atoms with E-state index < -0.39 is 0 Å². The second-order valence-corrected chi connectivity index (χ2v) is 4.53. The molecule has 1 aromatic heterocycles. The monoisotopic (exact) mass is 268 g/mol. The van der Waals surface area contributed by atoms with Crippen molar-refractivity contribution in [3.63, 3.8) is 0 Å². The third-order valence-electron chi connectivity index (χ3n) is 3.04. The van der Waals surface area contributed by atoms with Gasteiger partial charge in [-0.2, -0.15) is 5.26 Å². The number of ether oxygens (including phenoxy) is 1. The first-order chi connectivity index (χ1) is 9.22. The van der Waals surface area contributed by atoms with Crippen molar-refractivity contribution in [1.82, 2.24) is 4.98 Å². The number of nitrogens with zero attached hydrogens (tertiary/aromatic N) is 2. The van der Waals surface area contributed by atoms with Crippen molar-refractivity contribution in [2.75, 3.05) is 7.11 Å². The maximum atomic E-state index is 8.95. The van der Waals surface area contributed by atoms with Crippen LogP contribution in [0.5, 0.6) is 5.75 Å². The Morgan fingerprint density at radius 3 is 2.47 bits per heavy atom. The summed E-state index contributed by atoms with van der Waals surface area (Å²) in [7, 11) is 1.61. The van der Waals surface area contributed by atoms with E-state index in [1.54, 1.807) is 19.2 Å². The molecule has 0 atom stereocenters. The zero-order chi connectivity index (χ0) is 13.4. The largest absolute Gasteiger partial charge is 0.497 e. The Kier molecular flexibility index (Phi) is 2.73. The zero-order valence-electron chi connectivity index (χ0n) is 10.1. The normalized spacial score (nSPS) is 10.6. The molecule has 0 spiro atoms. The van der Waals surface area contributed by atoms with E-state index in [0.717, 1.165) is 27.6 Å². The molecule has 0 unspecified atom stereocenters. The van der Waals surface area contributed by atoms with E-state index in [1.165, 1.54) is 0 Å². The van der Waals surface area contributed by atoms with E-state index in [1.807, 2.05) is 24.3 Å². The maximum Gasteiger partial charge on any atom is 0.119 e. The van der Waals surface area contributed by atoms with Crippen molar-refractivity contribution in [2.24, 2.45) is 0 Å². The number of halogens is 1. The van der Waals surface area contributed by atoms with E-state index in [9.17, 15) is 0 Å². The van der Waals surface area contributed by atoms with Crippen molar-refractivity contribution in [3.05, 3.63) is 47.0 Å². The molecular formula is C15H9ClN2O. The molecule has 0 aliphatic carbocycles. The Labute approximate surface area is 115 Å². The summed E-state index contributed by atoms with van der Waals surface area (Å²) in [6.07, 6.45) is 0. The van der Waals surface area contributed by atoms with E-state index in [2.05, 4.69) is 11.1 Å². The smallest absolute Gasteiger partial charge is 0.119 e. The van der Waals surface area contributed by atoms with E-state index in [4.69, 9.17) is 21.6 Å². The highest BCUT2D eigenvalue weighted by Crippen LogP contribution is 2.32. The Balaban J connectivity index is 2.43. The van der Waals surface area contributed by atoms with Crippen molar-refractivity contribution in [2.45, 2.75) is 0 Å². The first-order valence-electron chi connectivity index (χ1n) is 5.70. The topological polar surface area (TPSA) is 45.9 Å². The van der Waals surface area contributed by atoms with Crippen molar-refractivity contribution >= 4 is 33.4 Å². The van der Waals surface area contributed by atoms with Crippen LogP contribution in [0.1, 0.15) is 5.56 Å². The van der Waals surface area contributed by atoms with Crippen LogP contribution in [0.25, 0.3) is 21.8 Å². The Bertz CT molecular complexity index is 837. The molecule has 92 valence electrons. The van der Waals surface area contributed by atoms with Gasteiger partial charge in [0.1, 0.15) is 5.75 Å². The van der Waals surface area contributed by atoms with Crippen LogP contribution in [-0.4, -0.2) is 12.1 Å². The van der Waals surface area contributed by atoms with Gasteiger partial charge in [-0.3, -0.25) is 0 Å². The number of nitriles is 1. The van der Waals surface area contributed by atoms with Crippen LogP contribution in [0.3, 0.4) is 0 Å². The highest BCUT2D eigenvalue weighted by molar-refractivity contribution is 6.40. The van der Waals surface area contributed by atoms with Crippen LogP contribution in [0, 0.1) is 11.3 Å². The van der Waals surface area contributed by atoms with Gasteiger partial charge in [-0.25, -0.2) is 4.98 Å². The van der Waals surface area contributed by atoms with Gasteiger partial charge in [-0.05, 0) is 36.4 Å². The molecule has 1 heterocycles. The predicted molar refractivity (Wildman–Crippen MR) is 75.5 cm³/mol. The van der Waals surface area contributed by atoms with Gasteiger partial charge in [0.15, 0.2) is 0 Å². The summed E-state index contributed by atoms with van der Waals surface area (Å²) in [6.45, 7) is 0. The summed E-state index contributed by atoms with van der Waals surface area (Å²) in [5, 5.41) is 11.1. The Morgan fingerprint density at radius 2 is 1.79 bits per heavy atom. The van der Waals surface area contributed by atoms with Crippen LogP contribution >= 0.6 is 11.6 Å². The summed E-state index contributed by atoms with van der Waals surface area (Å²) in [5.74, 6) is 0.729.